The van der Waals surface area contributed by atoms with Crippen LogP contribution in [0.2, 0.25) is 0 Å². The van der Waals surface area contributed by atoms with E-state index in [-0.39, 0.29) is 5.56 Å². The van der Waals surface area contributed by atoms with Gasteiger partial charge < -0.3 is 5.11 Å². The summed E-state index contributed by atoms with van der Waals surface area (Å²) in [5.74, 6) is -1.24. The Morgan fingerprint density at radius 3 is 2.65 bits per heavy atom. The molecule has 1 aromatic heterocycles. The molecule has 0 amide bonds. The molecular formula is C14H15N3O3. The molecule has 2 N–H and O–H groups in total. The standard InChI is InChI=1S/C8H9N.C6H6N2O3/c1-3-5-8(4-2)6-7-9;1-3-2-4(6(10)11)5(9)8-7-3/h3-5H,1-2,6H2;2H,1H3,(H,8,9)(H,10,11)/b8-5+;. The quantitative estimate of drug-likeness (QED) is 0.815. The van der Waals surface area contributed by atoms with Crippen LogP contribution < -0.4 is 5.56 Å². The third-order valence-corrected chi connectivity index (χ3v) is 2.04. The van der Waals surface area contributed by atoms with Crippen molar-refractivity contribution in [1.29, 1.82) is 5.26 Å². The molecule has 0 saturated carbocycles. The number of aromatic nitrogens is 2. The van der Waals surface area contributed by atoms with E-state index < -0.39 is 11.5 Å². The number of aromatic amines is 1. The number of allylic oxidation sites excluding steroid dienone is 4. The van der Waals surface area contributed by atoms with Crippen molar-refractivity contribution >= 4 is 5.97 Å². The summed E-state index contributed by atoms with van der Waals surface area (Å²) in [4.78, 5) is 21.0. The van der Waals surface area contributed by atoms with Crippen molar-refractivity contribution in [1.82, 2.24) is 10.2 Å². The summed E-state index contributed by atoms with van der Waals surface area (Å²) in [5.41, 5.74) is 0.426. The largest absolute Gasteiger partial charge is 0.477 e. The molecule has 0 saturated heterocycles. The molecule has 0 bridgehead atoms. The second-order valence-electron chi connectivity index (χ2n) is 3.57. The number of rotatable bonds is 4. The molecule has 104 valence electrons. The zero-order valence-electron chi connectivity index (χ0n) is 11.1. The van der Waals surface area contributed by atoms with Crippen LogP contribution in [0.4, 0.5) is 0 Å². The normalized spacial score (nSPS) is 9.70. The first-order chi connectivity index (χ1) is 9.46. The van der Waals surface area contributed by atoms with E-state index in [1.54, 1.807) is 25.2 Å². The summed E-state index contributed by atoms with van der Waals surface area (Å²) in [6.07, 6.45) is 5.49. The Balaban J connectivity index is 0.000000370. The number of carboxylic acids is 1. The number of nitrogens with one attached hydrogen (secondary N) is 1. The first kappa shape index (κ1) is 17.1. The molecule has 0 aliphatic heterocycles. The third-order valence-electron chi connectivity index (χ3n) is 2.04. The minimum absolute atomic E-state index is 0.280. The van der Waals surface area contributed by atoms with E-state index in [4.69, 9.17) is 10.4 Å². The van der Waals surface area contributed by atoms with Gasteiger partial charge in [-0.05, 0) is 18.6 Å². The van der Waals surface area contributed by atoms with Gasteiger partial charge in [-0.3, -0.25) is 4.79 Å². The van der Waals surface area contributed by atoms with E-state index in [2.05, 4.69) is 23.4 Å². The average Bonchev–Trinajstić information content (AvgIpc) is 2.41. The Bertz CT molecular complexity index is 621. The van der Waals surface area contributed by atoms with Crippen LogP contribution in [0.15, 0.2) is 47.8 Å². The van der Waals surface area contributed by atoms with Crippen LogP contribution in [-0.2, 0) is 0 Å². The van der Waals surface area contributed by atoms with E-state index in [0.29, 0.717) is 12.1 Å². The van der Waals surface area contributed by atoms with Crippen LogP contribution in [0.5, 0.6) is 0 Å². The lowest BCUT2D eigenvalue weighted by Gasteiger charge is -1.92. The van der Waals surface area contributed by atoms with Gasteiger partial charge in [0.25, 0.3) is 5.56 Å². The molecular weight excluding hydrogens is 258 g/mol. The Morgan fingerprint density at radius 2 is 2.25 bits per heavy atom. The number of hydrogen-bond donors (Lipinski definition) is 2. The summed E-state index contributed by atoms with van der Waals surface area (Å²) in [6, 6.07) is 3.24. The van der Waals surface area contributed by atoms with Crippen LogP contribution in [0.1, 0.15) is 22.5 Å². The molecule has 1 rings (SSSR count). The van der Waals surface area contributed by atoms with Crippen molar-refractivity contribution in [3.63, 3.8) is 0 Å². The topological polar surface area (TPSA) is 107 Å². The number of carbonyl (C=O) groups is 1. The number of nitrogens with zero attached hydrogens (tertiary/aromatic N) is 2. The van der Waals surface area contributed by atoms with Crippen molar-refractivity contribution in [2.45, 2.75) is 13.3 Å². The molecule has 20 heavy (non-hydrogen) atoms. The maximum absolute atomic E-state index is 10.7. The van der Waals surface area contributed by atoms with Gasteiger partial charge in [0.2, 0.25) is 0 Å². The van der Waals surface area contributed by atoms with Gasteiger partial charge in [-0.15, -0.1) is 0 Å². The first-order valence-electron chi connectivity index (χ1n) is 5.56. The Hall–Kier alpha value is -2.94. The van der Waals surface area contributed by atoms with Gasteiger partial charge in [-0.1, -0.05) is 31.4 Å². The second-order valence-corrected chi connectivity index (χ2v) is 3.57. The van der Waals surface area contributed by atoms with Crippen molar-refractivity contribution in [3.8, 4) is 6.07 Å². The van der Waals surface area contributed by atoms with Crippen molar-refractivity contribution in [2.24, 2.45) is 0 Å². The fourth-order valence-corrected chi connectivity index (χ4v) is 1.11. The fourth-order valence-electron chi connectivity index (χ4n) is 1.11. The summed E-state index contributed by atoms with van der Waals surface area (Å²) < 4.78 is 0. The highest BCUT2D eigenvalue weighted by Crippen LogP contribution is 1.99. The summed E-state index contributed by atoms with van der Waals surface area (Å²) in [5, 5.41) is 22.2. The Kier molecular flexibility index (Phi) is 7.72. The van der Waals surface area contributed by atoms with Gasteiger partial charge in [0.05, 0.1) is 18.2 Å². The SMILES string of the molecule is C=C/C=C(\C=C)CC#N.Cc1cc(C(=O)O)c(=O)[nH]n1. The van der Waals surface area contributed by atoms with Crippen LogP contribution >= 0.6 is 0 Å². The summed E-state index contributed by atoms with van der Waals surface area (Å²) in [6.45, 7) is 8.63. The molecule has 0 spiro atoms. The van der Waals surface area contributed by atoms with E-state index in [0.717, 1.165) is 5.57 Å². The van der Waals surface area contributed by atoms with Crippen LogP contribution in [0.25, 0.3) is 0 Å². The molecule has 0 aliphatic carbocycles. The van der Waals surface area contributed by atoms with Gasteiger partial charge in [-0.25, -0.2) is 9.89 Å². The molecule has 1 aromatic rings. The zero-order valence-corrected chi connectivity index (χ0v) is 11.1. The van der Waals surface area contributed by atoms with Crippen LogP contribution in [-0.4, -0.2) is 21.3 Å². The van der Waals surface area contributed by atoms with E-state index in [1.807, 2.05) is 6.07 Å². The molecule has 0 aliphatic rings. The maximum atomic E-state index is 10.7. The van der Waals surface area contributed by atoms with Crippen molar-refractivity contribution < 1.29 is 9.90 Å². The van der Waals surface area contributed by atoms with Crippen molar-refractivity contribution in [3.05, 3.63) is 64.6 Å². The summed E-state index contributed by atoms with van der Waals surface area (Å²) >= 11 is 0. The van der Waals surface area contributed by atoms with Gasteiger partial charge in [0.1, 0.15) is 5.56 Å². The highest BCUT2D eigenvalue weighted by Gasteiger charge is 2.07. The fraction of sp³-hybridized carbons (Fsp3) is 0.143. The van der Waals surface area contributed by atoms with E-state index in [9.17, 15) is 9.59 Å². The Morgan fingerprint density at radius 1 is 1.60 bits per heavy atom. The summed E-state index contributed by atoms with van der Waals surface area (Å²) in [7, 11) is 0. The number of H-pyrrole nitrogens is 1. The van der Waals surface area contributed by atoms with Crippen molar-refractivity contribution in [2.75, 3.05) is 0 Å². The van der Waals surface area contributed by atoms with Gasteiger partial charge in [0, 0.05) is 0 Å². The highest BCUT2D eigenvalue weighted by molar-refractivity contribution is 5.87. The molecule has 0 atom stereocenters. The number of aromatic carboxylic acids is 1. The number of aryl methyl sites for hydroxylation is 1. The lowest BCUT2D eigenvalue weighted by atomic mass is 10.2. The predicted molar refractivity (Wildman–Crippen MR) is 75.3 cm³/mol. The Labute approximate surface area is 116 Å². The minimum Gasteiger partial charge on any atom is -0.477 e. The predicted octanol–water partition coefficient (Wildman–Crippen LogP) is 1.97. The maximum Gasteiger partial charge on any atom is 0.341 e. The molecule has 0 radical (unpaired) electrons. The van der Waals surface area contributed by atoms with Crippen LogP contribution in [0, 0.1) is 18.3 Å². The minimum atomic E-state index is -1.24. The third kappa shape index (κ3) is 6.12. The van der Waals surface area contributed by atoms with Gasteiger partial charge in [-0.2, -0.15) is 10.4 Å². The second kappa shape index (κ2) is 9.05. The highest BCUT2D eigenvalue weighted by atomic mass is 16.4. The number of nitriles is 1. The average molecular weight is 273 g/mol. The lowest BCUT2D eigenvalue weighted by molar-refractivity contribution is 0.0694. The molecule has 0 aromatic carbocycles. The lowest BCUT2D eigenvalue weighted by Crippen LogP contribution is -2.18. The molecule has 0 unspecified atom stereocenters. The van der Waals surface area contributed by atoms with Gasteiger partial charge >= 0.3 is 5.97 Å². The number of hydrogen-bond acceptors (Lipinski definition) is 4. The van der Waals surface area contributed by atoms with E-state index >= 15 is 0 Å². The monoisotopic (exact) mass is 273 g/mol. The molecule has 6 heteroatoms. The molecule has 1 heterocycles. The van der Waals surface area contributed by atoms with E-state index in [1.165, 1.54) is 6.07 Å². The van der Waals surface area contributed by atoms with Gasteiger partial charge in [0.15, 0.2) is 0 Å². The molecule has 0 fully saturated rings. The first-order valence-corrected chi connectivity index (χ1v) is 5.56. The number of carboxylic acid groups (broad SMARTS) is 1. The zero-order chi connectivity index (χ0) is 15.5. The smallest absolute Gasteiger partial charge is 0.341 e. The molecule has 6 nitrogen and oxygen atoms in total. The van der Waals surface area contributed by atoms with Crippen LogP contribution in [0.3, 0.4) is 0 Å².